The van der Waals surface area contributed by atoms with E-state index in [0.29, 0.717) is 28.7 Å². The van der Waals surface area contributed by atoms with Gasteiger partial charge in [0.25, 0.3) is 0 Å². The molecule has 1 aromatic rings. The Hall–Kier alpha value is -0.670. The third-order valence-electron chi connectivity index (χ3n) is 4.25. The van der Waals surface area contributed by atoms with Gasteiger partial charge in [0.1, 0.15) is 0 Å². The Morgan fingerprint density at radius 1 is 1.35 bits per heavy atom. The van der Waals surface area contributed by atoms with Gasteiger partial charge in [0.15, 0.2) is 0 Å². The van der Waals surface area contributed by atoms with Gasteiger partial charge in [-0.25, -0.2) is 0 Å². The number of carbonyl (C=O) groups is 1. The fourth-order valence-corrected chi connectivity index (χ4v) is 3.79. The third-order valence-corrected chi connectivity index (χ3v) is 5.76. The number of thioether (sulfide) groups is 1. The maximum atomic E-state index is 12.1. The van der Waals surface area contributed by atoms with E-state index < -0.39 is 0 Å². The minimum Gasteiger partial charge on any atom is -0.352 e. The minimum absolute atomic E-state index is 0.112. The summed E-state index contributed by atoms with van der Waals surface area (Å²) < 4.78 is 0. The van der Waals surface area contributed by atoms with Crippen molar-refractivity contribution in [1.29, 1.82) is 0 Å². The summed E-state index contributed by atoms with van der Waals surface area (Å²) in [6.45, 7) is 4.53. The van der Waals surface area contributed by atoms with Crippen LogP contribution in [-0.2, 0) is 4.79 Å². The standard InChI is InChI=1S/C16H22ClNOS/c1-11-6-5-8-14(12(11)2)18-16(19)10-20-15-9-4-3-7-13(15)17/h3-4,7,9,11-12,14H,5-6,8,10H2,1-2H3,(H,18,19)/t11-,12-,14+/m0/s1. The number of benzene rings is 1. The first-order valence-corrected chi connectivity index (χ1v) is 8.61. The molecule has 1 fully saturated rings. The normalized spacial score (nSPS) is 26.2. The van der Waals surface area contributed by atoms with Crippen LogP contribution < -0.4 is 5.32 Å². The van der Waals surface area contributed by atoms with Crippen molar-refractivity contribution in [2.45, 2.75) is 44.0 Å². The molecule has 0 bridgehead atoms. The smallest absolute Gasteiger partial charge is 0.230 e. The molecule has 0 heterocycles. The highest BCUT2D eigenvalue weighted by Gasteiger charge is 2.27. The lowest BCUT2D eigenvalue weighted by molar-refractivity contribution is -0.119. The van der Waals surface area contributed by atoms with E-state index in [2.05, 4.69) is 19.2 Å². The number of nitrogens with one attached hydrogen (secondary N) is 1. The lowest BCUT2D eigenvalue weighted by Crippen LogP contribution is -2.44. The van der Waals surface area contributed by atoms with Crippen LogP contribution in [0.2, 0.25) is 5.02 Å². The average molecular weight is 312 g/mol. The number of halogens is 1. The first-order chi connectivity index (χ1) is 9.58. The van der Waals surface area contributed by atoms with Crippen molar-refractivity contribution in [1.82, 2.24) is 5.32 Å². The predicted octanol–water partition coefficient (Wildman–Crippen LogP) is 4.37. The van der Waals surface area contributed by atoms with Gasteiger partial charge in [-0.15, -0.1) is 11.8 Å². The summed E-state index contributed by atoms with van der Waals surface area (Å²) in [5.74, 6) is 1.81. The van der Waals surface area contributed by atoms with Gasteiger partial charge < -0.3 is 5.32 Å². The van der Waals surface area contributed by atoms with Crippen LogP contribution in [0.4, 0.5) is 0 Å². The zero-order valence-electron chi connectivity index (χ0n) is 12.1. The molecule has 4 heteroatoms. The molecule has 2 rings (SSSR count). The molecule has 0 aromatic heterocycles. The van der Waals surface area contributed by atoms with Gasteiger partial charge in [-0.3, -0.25) is 4.79 Å². The first-order valence-electron chi connectivity index (χ1n) is 7.24. The molecule has 0 saturated heterocycles. The molecule has 1 amide bonds. The Balaban J connectivity index is 1.82. The molecule has 2 nitrogen and oxygen atoms in total. The lowest BCUT2D eigenvalue weighted by Gasteiger charge is -2.34. The van der Waals surface area contributed by atoms with Gasteiger partial charge in [-0.05, 0) is 30.4 Å². The van der Waals surface area contributed by atoms with Crippen LogP contribution in [0, 0.1) is 11.8 Å². The van der Waals surface area contributed by atoms with Gasteiger partial charge >= 0.3 is 0 Å². The largest absolute Gasteiger partial charge is 0.352 e. The monoisotopic (exact) mass is 311 g/mol. The maximum Gasteiger partial charge on any atom is 0.230 e. The predicted molar refractivity (Wildman–Crippen MR) is 86.3 cm³/mol. The van der Waals surface area contributed by atoms with Crippen molar-refractivity contribution in [3.05, 3.63) is 29.3 Å². The quantitative estimate of drug-likeness (QED) is 0.836. The van der Waals surface area contributed by atoms with Crippen LogP contribution in [0.15, 0.2) is 29.2 Å². The lowest BCUT2D eigenvalue weighted by atomic mass is 9.78. The molecule has 1 aliphatic carbocycles. The van der Waals surface area contributed by atoms with Crippen molar-refractivity contribution >= 4 is 29.3 Å². The Morgan fingerprint density at radius 3 is 2.85 bits per heavy atom. The van der Waals surface area contributed by atoms with Crippen LogP contribution in [-0.4, -0.2) is 17.7 Å². The Morgan fingerprint density at radius 2 is 2.10 bits per heavy atom. The average Bonchev–Trinajstić information content (AvgIpc) is 2.43. The van der Waals surface area contributed by atoms with Crippen LogP contribution in [0.3, 0.4) is 0 Å². The molecule has 1 aliphatic rings. The first kappa shape index (κ1) is 15.7. The second-order valence-corrected chi connectivity index (χ2v) is 7.08. The fraction of sp³-hybridized carbons (Fsp3) is 0.562. The second kappa shape index (κ2) is 7.37. The Kier molecular flexibility index (Phi) is 5.79. The van der Waals surface area contributed by atoms with Gasteiger partial charge in [0, 0.05) is 10.9 Å². The van der Waals surface area contributed by atoms with E-state index in [4.69, 9.17) is 11.6 Å². The molecule has 1 saturated carbocycles. The molecule has 1 N–H and O–H groups in total. The van der Waals surface area contributed by atoms with E-state index in [1.807, 2.05) is 24.3 Å². The summed E-state index contributed by atoms with van der Waals surface area (Å²) in [6, 6.07) is 7.98. The molecule has 0 aliphatic heterocycles. The number of carbonyl (C=O) groups excluding carboxylic acids is 1. The van der Waals surface area contributed by atoms with E-state index in [-0.39, 0.29) is 5.91 Å². The van der Waals surface area contributed by atoms with Crippen LogP contribution in [0.1, 0.15) is 33.1 Å². The van der Waals surface area contributed by atoms with Crippen molar-refractivity contribution in [2.75, 3.05) is 5.75 Å². The van der Waals surface area contributed by atoms with E-state index >= 15 is 0 Å². The van der Waals surface area contributed by atoms with E-state index in [9.17, 15) is 4.79 Å². The SMILES string of the molecule is C[C@H]1[C@@H](C)CCC[C@H]1NC(=O)CSc1ccccc1Cl. The van der Waals surface area contributed by atoms with Gasteiger partial charge in [0.2, 0.25) is 5.91 Å². The highest BCUT2D eigenvalue weighted by molar-refractivity contribution is 8.00. The molecule has 110 valence electrons. The van der Waals surface area contributed by atoms with Crippen molar-refractivity contribution in [3.8, 4) is 0 Å². The van der Waals surface area contributed by atoms with Crippen molar-refractivity contribution < 1.29 is 4.79 Å². The fourth-order valence-electron chi connectivity index (χ4n) is 2.74. The zero-order valence-corrected chi connectivity index (χ0v) is 13.6. The summed E-state index contributed by atoms with van der Waals surface area (Å²) >= 11 is 7.59. The van der Waals surface area contributed by atoms with E-state index in [1.54, 1.807) is 0 Å². The highest BCUT2D eigenvalue weighted by atomic mass is 35.5. The molecule has 0 radical (unpaired) electrons. The Labute approximate surface area is 130 Å². The molecule has 0 spiro atoms. The summed E-state index contributed by atoms with van der Waals surface area (Å²) in [5.41, 5.74) is 0. The number of hydrogen-bond acceptors (Lipinski definition) is 2. The minimum atomic E-state index is 0.112. The second-order valence-electron chi connectivity index (χ2n) is 5.66. The molecular formula is C16H22ClNOS. The molecule has 20 heavy (non-hydrogen) atoms. The van der Waals surface area contributed by atoms with Gasteiger partial charge in [-0.1, -0.05) is 50.4 Å². The maximum absolute atomic E-state index is 12.1. The van der Waals surface area contributed by atoms with Crippen LogP contribution in [0.25, 0.3) is 0 Å². The number of rotatable bonds is 4. The summed E-state index contributed by atoms with van der Waals surface area (Å²) in [4.78, 5) is 13.0. The topological polar surface area (TPSA) is 29.1 Å². The van der Waals surface area contributed by atoms with E-state index in [1.165, 1.54) is 24.6 Å². The number of hydrogen-bond donors (Lipinski definition) is 1. The highest BCUT2D eigenvalue weighted by Crippen LogP contribution is 2.30. The summed E-state index contributed by atoms with van der Waals surface area (Å²) in [6.07, 6.45) is 3.60. The summed E-state index contributed by atoms with van der Waals surface area (Å²) in [5, 5.41) is 3.90. The Bertz CT molecular complexity index is 466. The van der Waals surface area contributed by atoms with Gasteiger partial charge in [0.05, 0.1) is 10.8 Å². The van der Waals surface area contributed by atoms with Crippen molar-refractivity contribution in [2.24, 2.45) is 11.8 Å². The van der Waals surface area contributed by atoms with Crippen LogP contribution >= 0.6 is 23.4 Å². The summed E-state index contributed by atoms with van der Waals surface area (Å²) in [7, 11) is 0. The van der Waals surface area contributed by atoms with Gasteiger partial charge in [-0.2, -0.15) is 0 Å². The van der Waals surface area contributed by atoms with Crippen LogP contribution in [0.5, 0.6) is 0 Å². The molecular weight excluding hydrogens is 290 g/mol. The van der Waals surface area contributed by atoms with Crippen molar-refractivity contribution in [3.63, 3.8) is 0 Å². The number of amides is 1. The zero-order chi connectivity index (χ0) is 14.5. The molecule has 3 atom stereocenters. The molecule has 1 aromatic carbocycles. The van der Waals surface area contributed by atoms with E-state index in [0.717, 1.165) is 11.3 Å². The molecule has 0 unspecified atom stereocenters. The third kappa shape index (κ3) is 4.16.